The van der Waals surface area contributed by atoms with Gasteiger partial charge >= 0.3 is 0 Å². The second kappa shape index (κ2) is 5.31. The van der Waals surface area contributed by atoms with E-state index in [0.717, 1.165) is 30.5 Å². The molecular weight excluding hydrogens is 234 g/mol. The number of anilines is 1. The summed E-state index contributed by atoms with van der Waals surface area (Å²) in [5.74, 6) is 0.912. The van der Waals surface area contributed by atoms with Gasteiger partial charge in [-0.05, 0) is 19.3 Å². The van der Waals surface area contributed by atoms with Gasteiger partial charge in [-0.3, -0.25) is 0 Å². The van der Waals surface area contributed by atoms with Crippen LogP contribution in [0, 0.1) is 0 Å². The Bertz CT molecular complexity index is 353. The highest BCUT2D eigenvalue weighted by atomic mass is 32.1. The van der Waals surface area contributed by atoms with Gasteiger partial charge in [-0.15, -0.1) is 0 Å². The van der Waals surface area contributed by atoms with Crippen molar-refractivity contribution in [3.63, 3.8) is 0 Å². The predicted molar refractivity (Wildman–Crippen MR) is 70.7 cm³/mol. The van der Waals surface area contributed by atoms with Crippen molar-refractivity contribution in [3.05, 3.63) is 5.82 Å². The first-order valence-corrected chi connectivity index (χ1v) is 7.03. The van der Waals surface area contributed by atoms with Gasteiger partial charge in [0.2, 0.25) is 5.13 Å². The van der Waals surface area contributed by atoms with Crippen molar-refractivity contribution < 1.29 is 4.74 Å². The summed E-state index contributed by atoms with van der Waals surface area (Å²) in [6, 6.07) is 0. The van der Waals surface area contributed by atoms with Crippen LogP contribution in [0.15, 0.2) is 0 Å². The molecule has 96 valence electrons. The van der Waals surface area contributed by atoms with Gasteiger partial charge in [0.25, 0.3) is 0 Å². The first-order chi connectivity index (χ1) is 8.05. The van der Waals surface area contributed by atoms with Crippen LogP contribution in [0.1, 0.15) is 45.9 Å². The summed E-state index contributed by atoms with van der Waals surface area (Å²) in [6.45, 7) is 8.13. The summed E-state index contributed by atoms with van der Waals surface area (Å²) >= 11 is 1.44. The molecule has 0 aromatic carbocycles. The molecule has 2 rings (SSSR count). The van der Waals surface area contributed by atoms with Gasteiger partial charge in [-0.25, -0.2) is 4.98 Å². The second-order valence-electron chi connectivity index (χ2n) is 5.54. The molecule has 4 nitrogen and oxygen atoms in total. The Kier molecular flexibility index (Phi) is 3.99. The van der Waals surface area contributed by atoms with Crippen molar-refractivity contribution in [2.75, 3.05) is 18.5 Å². The SMILES string of the molecule is CC(C)(C)c1nsc(NCC2CCCCO2)n1. The van der Waals surface area contributed by atoms with E-state index in [0.29, 0.717) is 6.10 Å². The zero-order valence-electron chi connectivity index (χ0n) is 10.8. The number of hydrogen-bond acceptors (Lipinski definition) is 5. The van der Waals surface area contributed by atoms with Crippen LogP contribution in [0.4, 0.5) is 5.13 Å². The van der Waals surface area contributed by atoms with E-state index in [1.165, 1.54) is 24.4 Å². The standard InChI is InChI=1S/C12H21N3OS/c1-12(2,3)10-14-11(17-15-10)13-8-9-6-4-5-7-16-9/h9H,4-8H2,1-3H3,(H,13,14,15). The molecule has 0 radical (unpaired) electrons. The summed E-state index contributed by atoms with van der Waals surface area (Å²) < 4.78 is 10.0. The fourth-order valence-corrected chi connectivity index (χ4v) is 2.53. The largest absolute Gasteiger partial charge is 0.376 e. The Balaban J connectivity index is 1.84. The summed E-state index contributed by atoms with van der Waals surface area (Å²) in [4.78, 5) is 4.51. The molecule has 1 aliphatic heterocycles. The highest BCUT2D eigenvalue weighted by Crippen LogP contribution is 2.23. The van der Waals surface area contributed by atoms with E-state index in [1.807, 2.05) is 0 Å². The molecule has 1 N–H and O–H groups in total. The molecule has 17 heavy (non-hydrogen) atoms. The van der Waals surface area contributed by atoms with Crippen LogP contribution in [0.5, 0.6) is 0 Å². The molecule has 1 saturated heterocycles. The van der Waals surface area contributed by atoms with Gasteiger partial charge in [0.05, 0.1) is 6.10 Å². The third-order valence-electron chi connectivity index (χ3n) is 2.85. The topological polar surface area (TPSA) is 47.0 Å². The van der Waals surface area contributed by atoms with Gasteiger partial charge in [-0.1, -0.05) is 20.8 Å². The van der Waals surface area contributed by atoms with Gasteiger partial charge in [0.1, 0.15) is 5.82 Å². The van der Waals surface area contributed by atoms with E-state index in [-0.39, 0.29) is 5.41 Å². The minimum Gasteiger partial charge on any atom is -0.376 e. The number of aromatic nitrogens is 2. The van der Waals surface area contributed by atoms with Crippen molar-refractivity contribution in [1.82, 2.24) is 9.36 Å². The number of ether oxygens (including phenoxy) is 1. The third-order valence-corrected chi connectivity index (χ3v) is 3.52. The van der Waals surface area contributed by atoms with Gasteiger partial charge in [-0.2, -0.15) is 4.37 Å². The van der Waals surface area contributed by atoms with Gasteiger partial charge in [0.15, 0.2) is 0 Å². The fraction of sp³-hybridized carbons (Fsp3) is 0.833. The molecule has 0 aliphatic carbocycles. The average Bonchev–Trinajstić information content (AvgIpc) is 2.76. The second-order valence-corrected chi connectivity index (χ2v) is 6.29. The Morgan fingerprint density at radius 3 is 2.82 bits per heavy atom. The minimum atomic E-state index is 0.0256. The Morgan fingerprint density at radius 1 is 1.41 bits per heavy atom. The maximum absolute atomic E-state index is 5.67. The normalized spacial score (nSPS) is 21.5. The number of hydrogen-bond donors (Lipinski definition) is 1. The fourth-order valence-electron chi connectivity index (χ4n) is 1.77. The van der Waals surface area contributed by atoms with Gasteiger partial charge < -0.3 is 10.1 Å². The van der Waals surface area contributed by atoms with Crippen molar-refractivity contribution >= 4 is 16.7 Å². The molecule has 1 aliphatic rings. The molecule has 1 aromatic heterocycles. The van der Waals surface area contributed by atoms with E-state index in [1.54, 1.807) is 0 Å². The number of rotatable bonds is 3. The van der Waals surface area contributed by atoms with E-state index in [4.69, 9.17) is 4.74 Å². The smallest absolute Gasteiger partial charge is 0.202 e. The van der Waals surface area contributed by atoms with Crippen LogP contribution in [0.2, 0.25) is 0 Å². The van der Waals surface area contributed by atoms with Crippen LogP contribution >= 0.6 is 11.5 Å². The number of nitrogens with zero attached hydrogens (tertiary/aromatic N) is 2. The molecule has 0 spiro atoms. The van der Waals surface area contributed by atoms with Crippen LogP contribution in [0.3, 0.4) is 0 Å². The highest BCUT2D eigenvalue weighted by molar-refractivity contribution is 7.09. The lowest BCUT2D eigenvalue weighted by atomic mass is 9.96. The maximum Gasteiger partial charge on any atom is 0.202 e. The van der Waals surface area contributed by atoms with Crippen LogP contribution in [-0.2, 0) is 10.2 Å². The molecule has 5 heteroatoms. The van der Waals surface area contributed by atoms with E-state index in [9.17, 15) is 0 Å². The highest BCUT2D eigenvalue weighted by Gasteiger charge is 2.20. The first kappa shape index (κ1) is 12.8. The lowest BCUT2D eigenvalue weighted by Crippen LogP contribution is -2.27. The van der Waals surface area contributed by atoms with E-state index in [2.05, 4.69) is 35.4 Å². The molecule has 0 saturated carbocycles. The molecule has 1 atom stereocenters. The van der Waals surface area contributed by atoms with Crippen molar-refractivity contribution in [3.8, 4) is 0 Å². The molecule has 1 unspecified atom stereocenters. The van der Waals surface area contributed by atoms with Crippen LogP contribution in [-0.4, -0.2) is 28.6 Å². The number of nitrogens with one attached hydrogen (secondary N) is 1. The Morgan fingerprint density at radius 2 is 2.24 bits per heavy atom. The summed E-state index contributed by atoms with van der Waals surface area (Å²) in [7, 11) is 0. The monoisotopic (exact) mass is 255 g/mol. The summed E-state index contributed by atoms with van der Waals surface area (Å²) in [6.07, 6.45) is 3.96. The van der Waals surface area contributed by atoms with Crippen LogP contribution in [0.25, 0.3) is 0 Å². The zero-order chi connectivity index (χ0) is 12.3. The molecule has 0 bridgehead atoms. The average molecular weight is 255 g/mol. The molecule has 1 fully saturated rings. The summed E-state index contributed by atoms with van der Waals surface area (Å²) in [5, 5.41) is 4.23. The predicted octanol–water partition coefficient (Wildman–Crippen LogP) is 2.82. The van der Waals surface area contributed by atoms with Crippen molar-refractivity contribution in [1.29, 1.82) is 0 Å². The lowest BCUT2D eigenvalue weighted by molar-refractivity contribution is 0.0247. The zero-order valence-corrected chi connectivity index (χ0v) is 11.6. The summed E-state index contributed by atoms with van der Waals surface area (Å²) in [5.41, 5.74) is 0.0256. The Hall–Kier alpha value is -0.680. The minimum absolute atomic E-state index is 0.0256. The quantitative estimate of drug-likeness (QED) is 0.902. The van der Waals surface area contributed by atoms with Crippen molar-refractivity contribution in [2.24, 2.45) is 0 Å². The molecule has 2 heterocycles. The maximum atomic E-state index is 5.67. The Labute approximate surface area is 107 Å². The van der Waals surface area contributed by atoms with Crippen molar-refractivity contribution in [2.45, 2.75) is 51.6 Å². The first-order valence-electron chi connectivity index (χ1n) is 6.25. The van der Waals surface area contributed by atoms with E-state index < -0.39 is 0 Å². The lowest BCUT2D eigenvalue weighted by Gasteiger charge is -2.22. The third kappa shape index (κ3) is 3.64. The van der Waals surface area contributed by atoms with Crippen LogP contribution < -0.4 is 5.32 Å². The molecule has 0 amide bonds. The molecule has 1 aromatic rings. The van der Waals surface area contributed by atoms with E-state index >= 15 is 0 Å². The van der Waals surface area contributed by atoms with Gasteiger partial charge in [0, 0.05) is 30.1 Å². The molecular formula is C12H21N3OS.